The van der Waals surface area contributed by atoms with Gasteiger partial charge in [-0.3, -0.25) is 4.79 Å². The Balaban J connectivity index is 2.10. The van der Waals surface area contributed by atoms with Crippen LogP contribution in [0.3, 0.4) is 0 Å². The van der Waals surface area contributed by atoms with Crippen molar-refractivity contribution in [3.05, 3.63) is 35.6 Å². The summed E-state index contributed by atoms with van der Waals surface area (Å²) < 4.78 is 5.17. The largest absolute Gasteiger partial charge is 0.475 e. The van der Waals surface area contributed by atoms with E-state index in [1.165, 1.54) is 24.8 Å². The van der Waals surface area contributed by atoms with E-state index in [1.807, 2.05) is 0 Å². The number of carbonyl (C=O) groups is 2. The van der Waals surface area contributed by atoms with Gasteiger partial charge in [-0.2, -0.15) is 0 Å². The first kappa shape index (κ1) is 14.2. The van der Waals surface area contributed by atoms with Gasteiger partial charge in [0.05, 0.1) is 0 Å². The van der Waals surface area contributed by atoms with Crippen LogP contribution < -0.4 is 0 Å². The molecule has 0 bridgehead atoms. The Labute approximate surface area is 120 Å². The monoisotopic (exact) mass is 288 g/mol. The van der Waals surface area contributed by atoms with Crippen LogP contribution in [-0.2, 0) is 4.79 Å². The summed E-state index contributed by atoms with van der Waals surface area (Å²) in [5, 5.41) is 9.65. The molecule has 1 aromatic heterocycles. The maximum absolute atomic E-state index is 10.8. The third kappa shape index (κ3) is 3.65. The molecule has 4 nitrogen and oxygen atoms in total. The number of carboxylic acid groups (broad SMARTS) is 1. The van der Waals surface area contributed by atoms with Crippen LogP contribution in [-0.4, -0.2) is 21.9 Å². The van der Waals surface area contributed by atoms with Crippen LogP contribution in [0.4, 0.5) is 0 Å². The van der Waals surface area contributed by atoms with Gasteiger partial charge in [-0.1, -0.05) is 23.6 Å². The van der Waals surface area contributed by atoms with Crippen molar-refractivity contribution in [3.63, 3.8) is 0 Å². The molecular formula is C15H12O4S. The highest BCUT2D eigenvalue weighted by Crippen LogP contribution is 2.20. The summed E-state index contributed by atoms with van der Waals surface area (Å²) in [5.41, 5.74) is 1.32. The first-order chi connectivity index (χ1) is 9.56. The summed E-state index contributed by atoms with van der Waals surface area (Å²) in [4.78, 5) is 21.5. The fourth-order valence-electron chi connectivity index (χ4n) is 1.64. The van der Waals surface area contributed by atoms with Gasteiger partial charge in [0, 0.05) is 30.0 Å². The molecule has 0 unspecified atom stereocenters. The number of carbonyl (C=O) groups excluding carboxylic acids is 1. The van der Waals surface area contributed by atoms with E-state index < -0.39 is 5.97 Å². The normalized spacial score (nSPS) is 10.1. The van der Waals surface area contributed by atoms with Gasteiger partial charge in [0.1, 0.15) is 5.58 Å². The Bertz CT molecular complexity index is 718. The van der Waals surface area contributed by atoms with Crippen molar-refractivity contribution in [1.29, 1.82) is 0 Å². The lowest BCUT2D eigenvalue weighted by atomic mass is 10.1. The number of fused-ring (bicyclic) bond motifs is 1. The lowest BCUT2D eigenvalue weighted by molar-refractivity contribution is -0.109. The van der Waals surface area contributed by atoms with Crippen LogP contribution in [0.15, 0.2) is 28.7 Å². The van der Waals surface area contributed by atoms with Crippen molar-refractivity contribution in [3.8, 4) is 11.8 Å². The molecule has 1 aromatic carbocycles. The molecule has 0 saturated heterocycles. The topological polar surface area (TPSA) is 67.5 Å². The molecule has 0 amide bonds. The standard InChI is InChI=1S/C15H12O4S/c1-10(16)20-7-3-2-4-11-5-6-13-12(8-11)9-14(19-13)15(17)18/h5-6,8-9H,3,7H2,1H3,(H,17,18). The zero-order valence-corrected chi connectivity index (χ0v) is 11.6. The molecule has 102 valence electrons. The molecule has 1 heterocycles. The Morgan fingerprint density at radius 1 is 1.35 bits per heavy atom. The molecule has 2 aromatic rings. The fourth-order valence-corrected chi connectivity index (χ4v) is 2.13. The molecule has 0 spiro atoms. The summed E-state index contributed by atoms with van der Waals surface area (Å²) >= 11 is 1.25. The van der Waals surface area contributed by atoms with Crippen molar-refractivity contribution >= 4 is 33.8 Å². The van der Waals surface area contributed by atoms with Gasteiger partial charge in [0.25, 0.3) is 0 Å². The maximum atomic E-state index is 10.8. The average Bonchev–Trinajstić information content (AvgIpc) is 2.81. The zero-order valence-electron chi connectivity index (χ0n) is 10.8. The molecule has 20 heavy (non-hydrogen) atoms. The number of furan rings is 1. The molecule has 1 N–H and O–H groups in total. The Morgan fingerprint density at radius 2 is 2.15 bits per heavy atom. The number of rotatable bonds is 3. The van der Waals surface area contributed by atoms with Crippen LogP contribution in [0.25, 0.3) is 11.0 Å². The third-order valence-electron chi connectivity index (χ3n) is 2.49. The molecule has 2 rings (SSSR count). The van der Waals surface area contributed by atoms with Crippen LogP contribution in [0.2, 0.25) is 0 Å². The molecule has 0 fully saturated rings. The molecule has 0 atom stereocenters. The summed E-state index contributed by atoms with van der Waals surface area (Å²) in [6.45, 7) is 1.53. The Hall–Kier alpha value is -2.19. The van der Waals surface area contributed by atoms with E-state index in [0.29, 0.717) is 23.1 Å². The minimum atomic E-state index is -1.09. The highest BCUT2D eigenvalue weighted by Gasteiger charge is 2.09. The molecule has 0 aliphatic carbocycles. The smallest absolute Gasteiger partial charge is 0.371 e. The van der Waals surface area contributed by atoms with Gasteiger partial charge in [-0.05, 0) is 24.3 Å². The van der Waals surface area contributed by atoms with E-state index in [4.69, 9.17) is 9.52 Å². The number of hydrogen-bond donors (Lipinski definition) is 1. The Morgan fingerprint density at radius 3 is 2.85 bits per heavy atom. The van der Waals surface area contributed by atoms with Crippen molar-refractivity contribution in [1.82, 2.24) is 0 Å². The van der Waals surface area contributed by atoms with Crippen LogP contribution in [0.5, 0.6) is 0 Å². The summed E-state index contributed by atoms with van der Waals surface area (Å²) in [5.74, 6) is 5.48. The van der Waals surface area contributed by atoms with E-state index in [-0.39, 0.29) is 10.9 Å². The molecule has 0 aliphatic rings. The maximum Gasteiger partial charge on any atom is 0.371 e. The van der Waals surface area contributed by atoms with Crippen molar-refractivity contribution in [2.75, 3.05) is 5.75 Å². The first-order valence-corrected chi connectivity index (χ1v) is 6.94. The van der Waals surface area contributed by atoms with E-state index in [0.717, 1.165) is 5.56 Å². The SMILES string of the molecule is CC(=O)SCCC#Cc1ccc2oc(C(=O)O)cc2c1. The van der Waals surface area contributed by atoms with E-state index in [9.17, 15) is 9.59 Å². The van der Waals surface area contributed by atoms with Gasteiger partial charge in [0.15, 0.2) is 5.12 Å². The second-order valence-electron chi connectivity index (χ2n) is 4.06. The van der Waals surface area contributed by atoms with E-state index in [1.54, 1.807) is 18.2 Å². The number of hydrogen-bond acceptors (Lipinski definition) is 4. The second kappa shape index (κ2) is 6.31. The number of aromatic carboxylic acids is 1. The van der Waals surface area contributed by atoms with Crippen LogP contribution in [0.1, 0.15) is 29.5 Å². The highest BCUT2D eigenvalue weighted by molar-refractivity contribution is 8.13. The molecule has 5 heteroatoms. The van der Waals surface area contributed by atoms with Gasteiger partial charge < -0.3 is 9.52 Å². The van der Waals surface area contributed by atoms with Crippen molar-refractivity contribution < 1.29 is 19.1 Å². The number of carboxylic acids is 1. The fraction of sp³-hybridized carbons (Fsp3) is 0.200. The Kier molecular flexibility index (Phi) is 4.49. The number of benzene rings is 1. The zero-order chi connectivity index (χ0) is 14.5. The van der Waals surface area contributed by atoms with Gasteiger partial charge >= 0.3 is 5.97 Å². The lowest BCUT2D eigenvalue weighted by Gasteiger charge is -1.91. The molecular weight excluding hydrogens is 276 g/mol. The quantitative estimate of drug-likeness (QED) is 0.694. The van der Waals surface area contributed by atoms with Crippen LogP contribution in [0, 0.1) is 11.8 Å². The van der Waals surface area contributed by atoms with Gasteiger partial charge in [-0.15, -0.1) is 0 Å². The van der Waals surface area contributed by atoms with E-state index >= 15 is 0 Å². The van der Waals surface area contributed by atoms with E-state index in [2.05, 4.69) is 11.8 Å². The summed E-state index contributed by atoms with van der Waals surface area (Å²) in [7, 11) is 0. The minimum Gasteiger partial charge on any atom is -0.475 e. The lowest BCUT2D eigenvalue weighted by Crippen LogP contribution is -1.91. The first-order valence-electron chi connectivity index (χ1n) is 5.95. The second-order valence-corrected chi connectivity index (χ2v) is 5.33. The van der Waals surface area contributed by atoms with Gasteiger partial charge in [-0.25, -0.2) is 4.79 Å². The highest BCUT2D eigenvalue weighted by atomic mass is 32.2. The molecule has 0 aliphatic heterocycles. The van der Waals surface area contributed by atoms with Crippen molar-refractivity contribution in [2.24, 2.45) is 0 Å². The van der Waals surface area contributed by atoms with Crippen LogP contribution >= 0.6 is 11.8 Å². The average molecular weight is 288 g/mol. The van der Waals surface area contributed by atoms with Crippen molar-refractivity contribution in [2.45, 2.75) is 13.3 Å². The number of thioether (sulfide) groups is 1. The third-order valence-corrected chi connectivity index (χ3v) is 3.31. The molecule has 0 saturated carbocycles. The predicted molar refractivity (Wildman–Crippen MR) is 77.8 cm³/mol. The summed E-state index contributed by atoms with van der Waals surface area (Å²) in [6.07, 6.45) is 0.633. The predicted octanol–water partition coefficient (Wildman–Crippen LogP) is 3.15. The summed E-state index contributed by atoms with van der Waals surface area (Å²) in [6, 6.07) is 6.75. The minimum absolute atomic E-state index is 0.0806. The van der Waals surface area contributed by atoms with Gasteiger partial charge in [0.2, 0.25) is 5.76 Å². The molecule has 0 radical (unpaired) electrons.